The van der Waals surface area contributed by atoms with E-state index in [4.69, 9.17) is 14.7 Å². The molecule has 20 heavy (non-hydrogen) atoms. The molecule has 0 spiro atoms. The van der Waals surface area contributed by atoms with Gasteiger partial charge in [0.25, 0.3) is 11.7 Å². The zero-order valence-corrected chi connectivity index (χ0v) is 10.3. The van der Waals surface area contributed by atoms with Gasteiger partial charge in [-0.2, -0.15) is 4.99 Å². The van der Waals surface area contributed by atoms with Crippen molar-refractivity contribution in [3.8, 4) is 0 Å². The maximum Gasteiger partial charge on any atom is 0.300 e. The number of hydrogen-bond acceptors (Lipinski definition) is 6. The number of nitrogens with zero attached hydrogens (tertiary/aromatic N) is 4. The summed E-state index contributed by atoms with van der Waals surface area (Å²) >= 11 is 0. The molecule has 2 aliphatic rings. The van der Waals surface area contributed by atoms with Gasteiger partial charge in [0.15, 0.2) is 23.4 Å². The number of hydrogen-bond donors (Lipinski definition) is 1. The summed E-state index contributed by atoms with van der Waals surface area (Å²) < 4.78 is 10.3. The number of nitrogens with two attached hydrogens (primary N) is 1. The van der Waals surface area contributed by atoms with Crippen LogP contribution in [0.1, 0.15) is 11.5 Å². The first kappa shape index (κ1) is 11.1. The summed E-state index contributed by atoms with van der Waals surface area (Å²) in [6.07, 6.45) is 6.40. The lowest BCUT2D eigenvalue weighted by atomic mass is 10.3. The molecule has 0 saturated heterocycles. The Balaban J connectivity index is 1.78. The van der Waals surface area contributed by atoms with Gasteiger partial charge in [0.2, 0.25) is 0 Å². The number of fused-ring (bicyclic) bond motifs is 1. The van der Waals surface area contributed by atoms with Crippen molar-refractivity contribution in [2.75, 3.05) is 0 Å². The highest BCUT2D eigenvalue weighted by Gasteiger charge is 2.40. The highest BCUT2D eigenvalue weighted by Crippen LogP contribution is 2.26. The molecule has 1 atom stereocenters. The van der Waals surface area contributed by atoms with E-state index in [0.717, 1.165) is 0 Å². The molecule has 2 N–H and O–H groups in total. The van der Waals surface area contributed by atoms with Crippen LogP contribution in [0.5, 0.6) is 0 Å². The van der Waals surface area contributed by atoms with Crippen LogP contribution in [0.15, 0.2) is 66.9 Å². The van der Waals surface area contributed by atoms with Crippen LogP contribution in [0.3, 0.4) is 0 Å². The van der Waals surface area contributed by atoms with E-state index in [1.165, 1.54) is 0 Å². The SMILES string of the molecule is N[N+]12C=C(c3ccco3)N=CC1=NC(c1ccco1)=N2. The largest absolute Gasteiger partial charge is 0.463 e. The Morgan fingerprint density at radius 3 is 2.50 bits per heavy atom. The predicted octanol–water partition coefficient (Wildman–Crippen LogP) is 1.72. The summed E-state index contributed by atoms with van der Waals surface area (Å²) in [7, 11) is 0. The van der Waals surface area contributed by atoms with Crippen molar-refractivity contribution in [1.82, 2.24) is 0 Å². The summed E-state index contributed by atoms with van der Waals surface area (Å²) in [5.41, 5.74) is 0.612. The van der Waals surface area contributed by atoms with Gasteiger partial charge in [-0.25, -0.2) is 4.99 Å². The third-order valence-electron chi connectivity index (χ3n) is 3.00. The van der Waals surface area contributed by atoms with E-state index in [9.17, 15) is 0 Å². The van der Waals surface area contributed by atoms with Crippen molar-refractivity contribution < 1.29 is 13.5 Å². The van der Waals surface area contributed by atoms with Crippen molar-refractivity contribution in [2.45, 2.75) is 0 Å². The molecule has 1 unspecified atom stereocenters. The third kappa shape index (κ3) is 1.58. The average molecular weight is 268 g/mol. The molecule has 2 aliphatic heterocycles. The number of furan rings is 2. The highest BCUT2D eigenvalue weighted by molar-refractivity contribution is 6.32. The van der Waals surface area contributed by atoms with E-state index in [0.29, 0.717) is 28.9 Å². The lowest BCUT2D eigenvalue weighted by Crippen LogP contribution is -2.50. The predicted molar refractivity (Wildman–Crippen MR) is 72.3 cm³/mol. The Bertz CT molecular complexity index is 736. The van der Waals surface area contributed by atoms with E-state index in [2.05, 4.69) is 15.1 Å². The van der Waals surface area contributed by atoms with Gasteiger partial charge in [-0.15, -0.1) is 5.84 Å². The smallest absolute Gasteiger partial charge is 0.300 e. The fraction of sp³-hybridized carbons (Fsp3) is 0. The first-order chi connectivity index (χ1) is 9.74. The van der Waals surface area contributed by atoms with Crippen LogP contribution in [0.2, 0.25) is 0 Å². The minimum Gasteiger partial charge on any atom is -0.463 e. The summed E-state index contributed by atoms with van der Waals surface area (Å²) in [6.45, 7) is 0. The highest BCUT2D eigenvalue weighted by atomic mass is 16.3. The molecule has 0 aliphatic carbocycles. The van der Waals surface area contributed by atoms with Gasteiger partial charge in [-0.3, -0.25) is 0 Å². The molecule has 98 valence electrons. The fourth-order valence-electron chi connectivity index (χ4n) is 2.04. The second-order valence-corrected chi connectivity index (χ2v) is 4.36. The van der Waals surface area contributed by atoms with Crippen molar-refractivity contribution in [1.29, 1.82) is 0 Å². The van der Waals surface area contributed by atoms with E-state index in [1.807, 2.05) is 6.07 Å². The van der Waals surface area contributed by atoms with Crippen molar-refractivity contribution in [2.24, 2.45) is 20.9 Å². The summed E-state index contributed by atoms with van der Waals surface area (Å²) in [4.78, 5) is 8.62. The second-order valence-electron chi connectivity index (χ2n) is 4.36. The molecule has 4 heterocycles. The first-order valence-corrected chi connectivity index (χ1v) is 5.96. The van der Waals surface area contributed by atoms with Crippen molar-refractivity contribution in [3.63, 3.8) is 0 Å². The molecule has 0 radical (unpaired) electrons. The Morgan fingerprint density at radius 1 is 1.05 bits per heavy atom. The normalized spacial score (nSPS) is 24.1. The van der Waals surface area contributed by atoms with Gasteiger partial charge in [0.05, 0.1) is 12.5 Å². The average Bonchev–Trinajstić information content (AvgIpc) is 3.17. The maximum absolute atomic E-state index is 6.23. The van der Waals surface area contributed by atoms with Crippen LogP contribution < -0.4 is 5.84 Å². The number of amidine groups is 2. The Labute approximate surface area is 113 Å². The van der Waals surface area contributed by atoms with Gasteiger partial charge >= 0.3 is 0 Å². The fourth-order valence-corrected chi connectivity index (χ4v) is 2.04. The number of aliphatic imine (C=N–C) groups is 2. The first-order valence-electron chi connectivity index (χ1n) is 5.96. The zero-order chi connectivity index (χ0) is 13.6. The molecule has 2 aromatic heterocycles. The van der Waals surface area contributed by atoms with Gasteiger partial charge in [0.1, 0.15) is 6.21 Å². The van der Waals surface area contributed by atoms with Crippen LogP contribution in [-0.4, -0.2) is 22.6 Å². The molecule has 0 saturated carbocycles. The molecular weight excluding hydrogens is 258 g/mol. The van der Waals surface area contributed by atoms with E-state index in [1.54, 1.807) is 43.1 Å². The monoisotopic (exact) mass is 268 g/mol. The molecule has 7 nitrogen and oxygen atoms in total. The van der Waals surface area contributed by atoms with Crippen LogP contribution in [-0.2, 0) is 0 Å². The van der Waals surface area contributed by atoms with Gasteiger partial charge in [-0.1, -0.05) is 0 Å². The molecule has 7 heteroatoms. The lowest BCUT2D eigenvalue weighted by molar-refractivity contribution is -0.802. The Hall–Kier alpha value is -2.77. The number of quaternary nitrogens is 1. The summed E-state index contributed by atoms with van der Waals surface area (Å²) in [5, 5.41) is 4.37. The number of rotatable bonds is 2. The lowest BCUT2D eigenvalue weighted by Gasteiger charge is -2.18. The van der Waals surface area contributed by atoms with E-state index in [-0.39, 0.29) is 4.70 Å². The standard InChI is InChI=1S/C13H10N5O2/c14-18-8-9(10-3-1-5-19-10)15-7-12(18)16-13(17-18)11-4-2-6-20-11/h1-8H,14H2/q+1. The Morgan fingerprint density at radius 2 is 1.80 bits per heavy atom. The van der Waals surface area contributed by atoms with Crippen LogP contribution >= 0.6 is 0 Å². The molecule has 2 aromatic rings. The molecule has 0 amide bonds. The minimum absolute atomic E-state index is 0.296. The van der Waals surface area contributed by atoms with Crippen LogP contribution in [0.4, 0.5) is 0 Å². The molecule has 0 aromatic carbocycles. The van der Waals surface area contributed by atoms with Crippen LogP contribution in [0.25, 0.3) is 5.70 Å². The quantitative estimate of drug-likeness (QED) is 0.664. The van der Waals surface area contributed by atoms with Gasteiger partial charge < -0.3 is 8.83 Å². The summed E-state index contributed by atoms with van der Waals surface area (Å²) in [5.74, 6) is 8.38. The van der Waals surface area contributed by atoms with Gasteiger partial charge in [0, 0.05) is 0 Å². The second kappa shape index (κ2) is 3.86. The van der Waals surface area contributed by atoms with E-state index >= 15 is 0 Å². The topological polar surface area (TPSA) is 89.4 Å². The molecular formula is C13H10N5O2+. The van der Waals surface area contributed by atoms with Crippen LogP contribution in [0, 0.1) is 0 Å². The molecule has 4 rings (SSSR count). The minimum atomic E-state index is -0.296. The maximum atomic E-state index is 6.23. The van der Waals surface area contributed by atoms with Gasteiger partial charge in [-0.05, 0) is 34.1 Å². The zero-order valence-electron chi connectivity index (χ0n) is 10.3. The van der Waals surface area contributed by atoms with Crippen molar-refractivity contribution in [3.05, 3.63) is 54.5 Å². The summed E-state index contributed by atoms with van der Waals surface area (Å²) in [6, 6.07) is 7.15. The van der Waals surface area contributed by atoms with Crippen molar-refractivity contribution >= 4 is 23.6 Å². The Kier molecular flexibility index (Phi) is 2.14. The van der Waals surface area contributed by atoms with E-state index < -0.39 is 0 Å². The molecule has 0 bridgehead atoms. The molecule has 0 fully saturated rings. The third-order valence-corrected chi connectivity index (χ3v) is 3.00.